The van der Waals surface area contributed by atoms with Crippen LogP contribution in [0.15, 0.2) is 24.3 Å². The highest BCUT2D eigenvalue weighted by Gasteiger charge is 2.11. The number of carbonyl (C=O) groups is 2. The van der Waals surface area contributed by atoms with E-state index in [0.717, 1.165) is 12.8 Å². The molecule has 0 heterocycles. The van der Waals surface area contributed by atoms with Crippen LogP contribution in [0.4, 0.5) is 0 Å². The first-order valence-electron chi connectivity index (χ1n) is 7.58. The van der Waals surface area contributed by atoms with Crippen molar-refractivity contribution in [2.75, 3.05) is 6.61 Å². The van der Waals surface area contributed by atoms with E-state index < -0.39 is 11.9 Å². The first-order valence-corrected chi connectivity index (χ1v) is 7.58. The van der Waals surface area contributed by atoms with Crippen molar-refractivity contribution < 1.29 is 19.4 Å². The average Bonchev–Trinajstić information content (AvgIpc) is 2.50. The third kappa shape index (κ3) is 5.98. The molecule has 1 aromatic carbocycles. The Balaban J connectivity index is 2.41. The zero-order valence-electron chi connectivity index (χ0n) is 12.8. The summed E-state index contributed by atoms with van der Waals surface area (Å²) < 4.78 is 5.25. The van der Waals surface area contributed by atoms with E-state index >= 15 is 0 Å². The molecule has 0 saturated carbocycles. The number of benzene rings is 1. The van der Waals surface area contributed by atoms with E-state index in [0.29, 0.717) is 18.1 Å². The van der Waals surface area contributed by atoms with E-state index in [1.807, 2.05) is 0 Å². The number of hydrogen-bond acceptors (Lipinski definition) is 3. The molecule has 1 N–H and O–H groups in total. The second-order valence-electron chi connectivity index (χ2n) is 5.22. The fourth-order valence-electron chi connectivity index (χ4n) is 2.20. The lowest BCUT2D eigenvalue weighted by Crippen LogP contribution is -2.10. The number of aromatic carboxylic acids is 1. The SMILES string of the molecule is CCCCC(CC)CCOC(=O)c1ccc(C(=O)O)cc1. The van der Waals surface area contributed by atoms with Gasteiger partial charge in [0.2, 0.25) is 0 Å². The Bertz CT molecular complexity index is 450. The van der Waals surface area contributed by atoms with Crippen molar-refractivity contribution in [1.29, 1.82) is 0 Å². The van der Waals surface area contributed by atoms with Crippen LogP contribution in [0.5, 0.6) is 0 Å². The van der Waals surface area contributed by atoms with Crippen molar-refractivity contribution in [2.24, 2.45) is 5.92 Å². The average molecular weight is 292 g/mol. The molecule has 0 radical (unpaired) electrons. The number of rotatable bonds is 9. The number of carbonyl (C=O) groups excluding carboxylic acids is 1. The topological polar surface area (TPSA) is 63.6 Å². The standard InChI is InChI=1S/C17H24O4/c1-3-5-6-13(4-2)11-12-21-17(20)15-9-7-14(8-10-15)16(18)19/h7-10,13H,3-6,11-12H2,1-2H3,(H,18,19). The summed E-state index contributed by atoms with van der Waals surface area (Å²) in [7, 11) is 0. The van der Waals surface area contributed by atoms with E-state index in [9.17, 15) is 9.59 Å². The highest BCUT2D eigenvalue weighted by Crippen LogP contribution is 2.17. The molecule has 0 amide bonds. The van der Waals surface area contributed by atoms with E-state index in [2.05, 4.69) is 13.8 Å². The molecule has 0 aliphatic carbocycles. The molecule has 0 aromatic heterocycles. The Morgan fingerprint density at radius 2 is 1.71 bits per heavy atom. The molecule has 0 fully saturated rings. The van der Waals surface area contributed by atoms with Crippen LogP contribution < -0.4 is 0 Å². The molecule has 1 aromatic rings. The van der Waals surface area contributed by atoms with Gasteiger partial charge in [0.25, 0.3) is 0 Å². The summed E-state index contributed by atoms with van der Waals surface area (Å²) in [5, 5.41) is 8.80. The lowest BCUT2D eigenvalue weighted by molar-refractivity contribution is 0.0478. The maximum atomic E-state index is 11.8. The van der Waals surface area contributed by atoms with E-state index in [-0.39, 0.29) is 5.56 Å². The summed E-state index contributed by atoms with van der Waals surface area (Å²) in [6.45, 7) is 4.75. The zero-order chi connectivity index (χ0) is 15.7. The van der Waals surface area contributed by atoms with Crippen molar-refractivity contribution in [3.8, 4) is 0 Å². The highest BCUT2D eigenvalue weighted by atomic mass is 16.5. The quantitative estimate of drug-likeness (QED) is 0.694. The zero-order valence-corrected chi connectivity index (χ0v) is 12.8. The summed E-state index contributed by atoms with van der Waals surface area (Å²) in [4.78, 5) is 22.6. The number of carboxylic acid groups (broad SMARTS) is 1. The third-order valence-electron chi connectivity index (χ3n) is 3.67. The van der Waals surface area contributed by atoms with Crippen LogP contribution in [0, 0.1) is 5.92 Å². The largest absolute Gasteiger partial charge is 0.478 e. The van der Waals surface area contributed by atoms with E-state index in [1.54, 1.807) is 0 Å². The third-order valence-corrected chi connectivity index (χ3v) is 3.67. The second-order valence-corrected chi connectivity index (χ2v) is 5.22. The Kier molecular flexibility index (Phi) is 7.51. The molecular formula is C17H24O4. The minimum absolute atomic E-state index is 0.164. The molecule has 0 aliphatic rings. The molecule has 1 rings (SSSR count). The maximum Gasteiger partial charge on any atom is 0.338 e. The smallest absolute Gasteiger partial charge is 0.338 e. The van der Waals surface area contributed by atoms with Crippen LogP contribution in [-0.2, 0) is 4.74 Å². The van der Waals surface area contributed by atoms with Crippen LogP contribution in [0.25, 0.3) is 0 Å². The van der Waals surface area contributed by atoms with Gasteiger partial charge in [-0.05, 0) is 36.6 Å². The van der Waals surface area contributed by atoms with E-state index in [1.165, 1.54) is 43.5 Å². The van der Waals surface area contributed by atoms with Crippen LogP contribution >= 0.6 is 0 Å². The lowest BCUT2D eigenvalue weighted by Gasteiger charge is -2.14. The summed E-state index contributed by atoms with van der Waals surface area (Å²) in [6, 6.07) is 5.80. The van der Waals surface area contributed by atoms with Gasteiger partial charge < -0.3 is 9.84 Å². The Hall–Kier alpha value is -1.84. The Labute approximate surface area is 126 Å². The van der Waals surface area contributed by atoms with Crippen LogP contribution in [0.3, 0.4) is 0 Å². The van der Waals surface area contributed by atoms with Gasteiger partial charge in [-0.2, -0.15) is 0 Å². The summed E-state index contributed by atoms with van der Waals surface area (Å²) in [5.41, 5.74) is 0.554. The van der Waals surface area contributed by atoms with Crippen LogP contribution in [0.2, 0.25) is 0 Å². The minimum atomic E-state index is -1.00. The van der Waals surface area contributed by atoms with Crippen LogP contribution in [-0.4, -0.2) is 23.7 Å². The van der Waals surface area contributed by atoms with Gasteiger partial charge in [0.15, 0.2) is 0 Å². The predicted octanol–water partition coefficient (Wildman–Crippen LogP) is 4.15. The number of esters is 1. The van der Waals surface area contributed by atoms with Crippen molar-refractivity contribution in [2.45, 2.75) is 46.0 Å². The molecular weight excluding hydrogens is 268 g/mol. The molecule has 0 aliphatic heterocycles. The van der Waals surface area contributed by atoms with Gasteiger partial charge in [0.05, 0.1) is 17.7 Å². The van der Waals surface area contributed by atoms with Gasteiger partial charge in [-0.3, -0.25) is 0 Å². The Morgan fingerprint density at radius 3 is 2.24 bits per heavy atom. The van der Waals surface area contributed by atoms with Crippen molar-refractivity contribution in [1.82, 2.24) is 0 Å². The van der Waals surface area contributed by atoms with Gasteiger partial charge in [-0.1, -0.05) is 39.5 Å². The van der Waals surface area contributed by atoms with Gasteiger partial charge in [-0.15, -0.1) is 0 Å². The van der Waals surface area contributed by atoms with E-state index in [4.69, 9.17) is 9.84 Å². The van der Waals surface area contributed by atoms with Crippen LogP contribution in [0.1, 0.15) is 66.7 Å². The number of carboxylic acids is 1. The van der Waals surface area contributed by atoms with Gasteiger partial charge in [0.1, 0.15) is 0 Å². The predicted molar refractivity (Wildman–Crippen MR) is 81.6 cm³/mol. The second kappa shape index (κ2) is 9.16. The number of ether oxygens (including phenoxy) is 1. The molecule has 116 valence electrons. The molecule has 4 heteroatoms. The fraction of sp³-hybridized carbons (Fsp3) is 0.529. The summed E-state index contributed by atoms with van der Waals surface area (Å²) >= 11 is 0. The lowest BCUT2D eigenvalue weighted by atomic mass is 9.96. The highest BCUT2D eigenvalue weighted by molar-refractivity contribution is 5.92. The molecule has 0 spiro atoms. The van der Waals surface area contributed by atoms with Crippen molar-refractivity contribution in [3.05, 3.63) is 35.4 Å². The summed E-state index contributed by atoms with van der Waals surface area (Å²) in [6.07, 6.45) is 5.56. The molecule has 1 unspecified atom stereocenters. The van der Waals surface area contributed by atoms with Gasteiger partial charge >= 0.3 is 11.9 Å². The van der Waals surface area contributed by atoms with Gasteiger partial charge in [-0.25, -0.2) is 9.59 Å². The first kappa shape index (κ1) is 17.2. The van der Waals surface area contributed by atoms with Crippen molar-refractivity contribution >= 4 is 11.9 Å². The summed E-state index contributed by atoms with van der Waals surface area (Å²) in [5.74, 6) is -0.791. The Morgan fingerprint density at radius 1 is 1.10 bits per heavy atom. The molecule has 0 saturated heterocycles. The molecule has 4 nitrogen and oxygen atoms in total. The fourth-order valence-corrected chi connectivity index (χ4v) is 2.20. The van der Waals surface area contributed by atoms with Crippen molar-refractivity contribution in [3.63, 3.8) is 0 Å². The first-order chi connectivity index (χ1) is 10.1. The molecule has 1 atom stereocenters. The van der Waals surface area contributed by atoms with Gasteiger partial charge in [0, 0.05) is 0 Å². The number of unbranched alkanes of at least 4 members (excludes halogenated alkanes) is 1. The monoisotopic (exact) mass is 292 g/mol. The number of hydrogen-bond donors (Lipinski definition) is 1. The molecule has 0 bridgehead atoms. The molecule has 21 heavy (non-hydrogen) atoms. The normalized spacial score (nSPS) is 11.9. The minimum Gasteiger partial charge on any atom is -0.478 e. The maximum absolute atomic E-state index is 11.8.